The number of hydrogen-bond donors (Lipinski definition) is 2. The Balaban J connectivity index is 0.00000312. The monoisotopic (exact) mass is 391 g/mol. The van der Waals surface area contributed by atoms with Gasteiger partial charge in [-0.05, 0) is 42.5 Å². The average molecular weight is 392 g/mol. The van der Waals surface area contributed by atoms with E-state index >= 15 is 0 Å². The second-order valence-corrected chi connectivity index (χ2v) is 6.25. The normalized spacial score (nSPS) is 19.2. The van der Waals surface area contributed by atoms with E-state index in [0.29, 0.717) is 25.0 Å². The van der Waals surface area contributed by atoms with Crippen molar-refractivity contribution in [3.05, 3.63) is 34.9 Å². The molecule has 2 atom stereocenters. The first-order valence-corrected chi connectivity index (χ1v) is 7.73. The van der Waals surface area contributed by atoms with Gasteiger partial charge in [-0.25, -0.2) is 0 Å². The van der Waals surface area contributed by atoms with Crippen molar-refractivity contribution < 1.29 is 31.4 Å². The quantitative estimate of drug-likeness (QED) is 0.705. The van der Waals surface area contributed by atoms with Gasteiger partial charge in [-0.1, -0.05) is 19.3 Å². The molecule has 1 fully saturated rings. The molecule has 0 aliphatic heterocycles. The Labute approximate surface area is 147 Å². The molecule has 1 aliphatic carbocycles. The van der Waals surface area contributed by atoms with Crippen LogP contribution in [0.1, 0.15) is 54.8 Å². The summed E-state index contributed by atoms with van der Waals surface area (Å²) in [6.45, 7) is 0. The van der Waals surface area contributed by atoms with Gasteiger partial charge < -0.3 is 10.8 Å². The number of nitrogens with two attached hydrogens (primary N) is 1. The van der Waals surface area contributed by atoms with E-state index < -0.39 is 35.6 Å². The maximum atomic E-state index is 12.9. The molecule has 0 radical (unpaired) electrons. The van der Waals surface area contributed by atoms with Crippen molar-refractivity contribution in [3.8, 4) is 0 Å². The molecule has 2 rings (SSSR count). The minimum atomic E-state index is -4.93. The lowest BCUT2D eigenvalue weighted by Gasteiger charge is -2.31. The Kier molecular flexibility index (Phi) is 7.18. The van der Waals surface area contributed by atoms with Crippen molar-refractivity contribution in [2.75, 3.05) is 0 Å². The van der Waals surface area contributed by atoms with Crippen molar-refractivity contribution in [2.45, 2.75) is 56.6 Å². The van der Waals surface area contributed by atoms with Gasteiger partial charge in [0.1, 0.15) is 0 Å². The highest BCUT2D eigenvalue weighted by atomic mass is 35.5. The molecule has 3 N–H and O–H groups in total. The van der Waals surface area contributed by atoms with Gasteiger partial charge in [0.15, 0.2) is 0 Å². The highest BCUT2D eigenvalue weighted by Crippen LogP contribution is 2.39. The second-order valence-electron chi connectivity index (χ2n) is 6.25. The fraction of sp³-hybridized carbons (Fsp3) is 0.625. The molecule has 1 saturated carbocycles. The van der Waals surface area contributed by atoms with Gasteiger partial charge in [-0.2, -0.15) is 26.3 Å². The fourth-order valence-corrected chi connectivity index (χ4v) is 3.14. The molecule has 25 heavy (non-hydrogen) atoms. The van der Waals surface area contributed by atoms with E-state index in [2.05, 4.69) is 0 Å². The minimum absolute atomic E-state index is 0. The molecule has 0 aromatic heterocycles. The number of aliphatic hydroxyl groups excluding tert-OH is 1. The Morgan fingerprint density at radius 3 is 1.72 bits per heavy atom. The third-order valence-corrected chi connectivity index (χ3v) is 4.50. The first kappa shape index (κ1) is 22.1. The van der Waals surface area contributed by atoms with Crippen LogP contribution in [0.2, 0.25) is 0 Å². The zero-order valence-corrected chi connectivity index (χ0v) is 14.0. The third-order valence-electron chi connectivity index (χ3n) is 4.50. The molecule has 9 heteroatoms. The molecular weight excluding hydrogens is 372 g/mol. The van der Waals surface area contributed by atoms with E-state index in [1.807, 2.05) is 0 Å². The maximum absolute atomic E-state index is 12.9. The summed E-state index contributed by atoms with van der Waals surface area (Å²) in [5.41, 5.74) is 2.62. The van der Waals surface area contributed by atoms with Crippen LogP contribution in [0.5, 0.6) is 0 Å². The maximum Gasteiger partial charge on any atom is 0.416 e. The predicted molar refractivity (Wildman–Crippen MR) is 83.2 cm³/mol. The average Bonchev–Trinajstić information content (AvgIpc) is 2.52. The lowest BCUT2D eigenvalue weighted by molar-refractivity contribution is -0.143. The first-order chi connectivity index (χ1) is 11.0. The number of hydrogen-bond acceptors (Lipinski definition) is 2. The van der Waals surface area contributed by atoms with Gasteiger partial charge >= 0.3 is 12.4 Å². The highest BCUT2D eigenvalue weighted by molar-refractivity contribution is 5.85. The molecular formula is C16H20ClF6NO. The largest absolute Gasteiger partial charge is 0.416 e. The number of alkyl halides is 6. The molecule has 0 unspecified atom stereocenters. The van der Waals surface area contributed by atoms with Gasteiger partial charge in [0.25, 0.3) is 0 Å². The molecule has 144 valence electrons. The van der Waals surface area contributed by atoms with Crippen LogP contribution in [0.4, 0.5) is 26.3 Å². The smallest absolute Gasteiger partial charge is 0.391 e. The van der Waals surface area contributed by atoms with E-state index in [1.165, 1.54) is 0 Å². The summed E-state index contributed by atoms with van der Waals surface area (Å²) in [7, 11) is 0. The van der Waals surface area contributed by atoms with Crippen LogP contribution < -0.4 is 5.73 Å². The van der Waals surface area contributed by atoms with Gasteiger partial charge in [0, 0.05) is 0 Å². The summed E-state index contributed by atoms with van der Waals surface area (Å²) in [5.74, 6) is -0.211. The van der Waals surface area contributed by atoms with Crippen LogP contribution in [0, 0.1) is 5.92 Å². The van der Waals surface area contributed by atoms with Gasteiger partial charge in [-0.3, -0.25) is 0 Å². The molecule has 0 bridgehead atoms. The highest BCUT2D eigenvalue weighted by Gasteiger charge is 2.38. The van der Waals surface area contributed by atoms with Crippen molar-refractivity contribution >= 4 is 12.4 Å². The lowest BCUT2D eigenvalue weighted by atomic mass is 9.81. The van der Waals surface area contributed by atoms with Gasteiger partial charge in [0.05, 0.1) is 23.3 Å². The minimum Gasteiger partial charge on any atom is -0.391 e. The molecule has 0 saturated heterocycles. The van der Waals surface area contributed by atoms with E-state index in [9.17, 15) is 31.4 Å². The zero-order chi connectivity index (χ0) is 18.1. The second kappa shape index (κ2) is 8.14. The van der Waals surface area contributed by atoms with Gasteiger partial charge in [0.2, 0.25) is 0 Å². The Morgan fingerprint density at radius 1 is 0.880 bits per heavy atom. The third kappa shape index (κ3) is 5.49. The summed E-state index contributed by atoms with van der Waals surface area (Å²) in [5, 5.41) is 10.3. The summed E-state index contributed by atoms with van der Waals surface area (Å²) < 4.78 is 77.3. The van der Waals surface area contributed by atoms with Crippen LogP contribution in [0.25, 0.3) is 0 Å². The van der Waals surface area contributed by atoms with Crippen LogP contribution in [-0.4, -0.2) is 11.2 Å². The molecule has 0 heterocycles. The fourth-order valence-electron chi connectivity index (χ4n) is 3.14. The molecule has 1 aromatic carbocycles. The van der Waals surface area contributed by atoms with Crippen molar-refractivity contribution in [1.82, 2.24) is 0 Å². The van der Waals surface area contributed by atoms with Crippen LogP contribution in [0.3, 0.4) is 0 Å². The van der Waals surface area contributed by atoms with Crippen LogP contribution in [0.15, 0.2) is 18.2 Å². The number of halogens is 7. The molecule has 2 nitrogen and oxygen atoms in total. The predicted octanol–water partition coefficient (Wildman–Crippen LogP) is 5.09. The number of benzene rings is 1. The molecule has 0 spiro atoms. The Morgan fingerprint density at radius 2 is 1.32 bits per heavy atom. The topological polar surface area (TPSA) is 46.2 Å². The zero-order valence-electron chi connectivity index (χ0n) is 13.2. The van der Waals surface area contributed by atoms with E-state index in [-0.39, 0.29) is 30.0 Å². The van der Waals surface area contributed by atoms with E-state index in [1.54, 1.807) is 0 Å². The molecule has 1 aromatic rings. The van der Waals surface area contributed by atoms with Crippen molar-refractivity contribution in [3.63, 3.8) is 0 Å². The van der Waals surface area contributed by atoms with Crippen molar-refractivity contribution in [1.29, 1.82) is 0 Å². The molecule has 1 aliphatic rings. The Bertz CT molecular complexity index is 536. The molecule has 0 amide bonds. The first-order valence-electron chi connectivity index (χ1n) is 7.73. The standard InChI is InChI=1S/C16H19F6NO.ClH/c17-15(18,19)11-6-10(7-12(8-11)16(20,21)22)13(23)14(24)9-4-2-1-3-5-9;/h6-9,13-14,24H,1-5,23H2;1H/t13-,14+;/m0./s1. The van der Waals surface area contributed by atoms with Crippen LogP contribution >= 0.6 is 12.4 Å². The van der Waals surface area contributed by atoms with E-state index in [0.717, 1.165) is 19.3 Å². The van der Waals surface area contributed by atoms with Crippen molar-refractivity contribution in [2.24, 2.45) is 11.7 Å². The summed E-state index contributed by atoms with van der Waals surface area (Å²) >= 11 is 0. The lowest BCUT2D eigenvalue weighted by Crippen LogP contribution is -2.34. The summed E-state index contributed by atoms with van der Waals surface area (Å²) in [6, 6.07) is -0.0577. The number of rotatable bonds is 3. The summed E-state index contributed by atoms with van der Waals surface area (Å²) in [6.07, 6.45) is -6.96. The van der Waals surface area contributed by atoms with E-state index in [4.69, 9.17) is 5.73 Å². The van der Waals surface area contributed by atoms with Crippen LogP contribution in [-0.2, 0) is 12.4 Å². The summed E-state index contributed by atoms with van der Waals surface area (Å²) in [4.78, 5) is 0. The number of aliphatic hydroxyl groups is 1. The Hall–Kier alpha value is -0.990. The SMILES string of the molecule is Cl.N[C@@H](c1cc(C(F)(F)F)cc(C(F)(F)F)c1)[C@H](O)C1CCCCC1. The van der Waals surface area contributed by atoms with Gasteiger partial charge in [-0.15, -0.1) is 12.4 Å².